The third kappa shape index (κ3) is 3.43. The maximum absolute atomic E-state index is 6.31. The van der Waals surface area contributed by atoms with Gasteiger partial charge in [0.2, 0.25) is 0 Å². The fourth-order valence-electron chi connectivity index (χ4n) is 4.56. The van der Waals surface area contributed by atoms with E-state index >= 15 is 0 Å². The standard InChI is InChI=1S/C23H24N8S/c24-22-19(23-30-20-3-1-2-18(21(20)32-23)15-10-27-28-11-15)8-14(9-26-22)16-12-29-31(13-16)17-4-6-25-7-5-17/h1-3,8-12,16-17,25H,4-7,13H2,(H2,24,26)(H,27,28). The van der Waals surface area contributed by atoms with E-state index in [4.69, 9.17) is 15.8 Å². The first-order valence-electron chi connectivity index (χ1n) is 10.9. The second kappa shape index (κ2) is 7.99. The molecule has 1 aromatic carbocycles. The highest BCUT2D eigenvalue weighted by atomic mass is 32.1. The van der Waals surface area contributed by atoms with Gasteiger partial charge in [-0.15, -0.1) is 11.3 Å². The Morgan fingerprint density at radius 3 is 2.88 bits per heavy atom. The average molecular weight is 445 g/mol. The Labute approximate surface area is 189 Å². The molecule has 2 aliphatic rings. The molecule has 1 saturated heterocycles. The van der Waals surface area contributed by atoms with Gasteiger partial charge in [0, 0.05) is 48.2 Å². The van der Waals surface area contributed by atoms with Gasteiger partial charge >= 0.3 is 0 Å². The summed E-state index contributed by atoms with van der Waals surface area (Å²) in [6.45, 7) is 3.01. The number of nitrogens with zero attached hydrogens (tertiary/aromatic N) is 5. The lowest BCUT2D eigenvalue weighted by Gasteiger charge is -2.30. The second-order valence-electron chi connectivity index (χ2n) is 8.34. The number of benzene rings is 1. The van der Waals surface area contributed by atoms with Gasteiger partial charge < -0.3 is 11.1 Å². The van der Waals surface area contributed by atoms with Gasteiger partial charge in [-0.25, -0.2) is 9.97 Å². The monoisotopic (exact) mass is 444 g/mol. The normalized spacial score (nSPS) is 19.2. The summed E-state index contributed by atoms with van der Waals surface area (Å²) in [5, 5.41) is 18.2. The number of H-pyrrole nitrogens is 1. The Balaban J connectivity index is 1.32. The number of nitrogens with one attached hydrogen (secondary N) is 2. The lowest BCUT2D eigenvalue weighted by Crippen LogP contribution is -2.40. The van der Waals surface area contributed by atoms with Crippen LogP contribution in [0, 0.1) is 0 Å². The molecular formula is C23H24N8S. The molecule has 0 saturated carbocycles. The highest BCUT2D eigenvalue weighted by Gasteiger charge is 2.27. The van der Waals surface area contributed by atoms with E-state index in [0.29, 0.717) is 11.9 Å². The number of pyridine rings is 1. The summed E-state index contributed by atoms with van der Waals surface area (Å²) in [7, 11) is 0. The fraction of sp³-hybridized carbons (Fsp3) is 0.304. The zero-order chi connectivity index (χ0) is 21.5. The van der Waals surface area contributed by atoms with E-state index in [9.17, 15) is 0 Å². The average Bonchev–Trinajstić information content (AvgIpc) is 3.60. The van der Waals surface area contributed by atoms with Crippen LogP contribution in [0.3, 0.4) is 0 Å². The first-order valence-corrected chi connectivity index (χ1v) is 11.7. The summed E-state index contributed by atoms with van der Waals surface area (Å²) >= 11 is 1.64. The van der Waals surface area contributed by atoms with Gasteiger partial charge in [0.15, 0.2) is 0 Å². The fourth-order valence-corrected chi connectivity index (χ4v) is 5.68. The van der Waals surface area contributed by atoms with Crippen LogP contribution in [-0.4, -0.2) is 57.1 Å². The van der Waals surface area contributed by atoms with Gasteiger partial charge in [0.1, 0.15) is 10.8 Å². The number of hydrogen-bond acceptors (Lipinski definition) is 8. The lowest BCUT2D eigenvalue weighted by atomic mass is 9.99. The number of piperidine rings is 1. The van der Waals surface area contributed by atoms with Gasteiger partial charge in [-0.1, -0.05) is 12.1 Å². The van der Waals surface area contributed by atoms with Crippen molar-refractivity contribution in [3.63, 3.8) is 0 Å². The Morgan fingerprint density at radius 2 is 2.03 bits per heavy atom. The topological polar surface area (TPSA) is 108 Å². The van der Waals surface area contributed by atoms with E-state index in [1.807, 2.05) is 36.9 Å². The molecule has 32 heavy (non-hydrogen) atoms. The minimum Gasteiger partial charge on any atom is -0.383 e. The summed E-state index contributed by atoms with van der Waals surface area (Å²) in [4.78, 5) is 9.41. The molecule has 162 valence electrons. The SMILES string of the molecule is Nc1ncc(C2C=NN(C3CCNCC3)C2)cc1-c1nc2cccc(-c3cn[nH]c3)c2s1. The molecule has 0 aliphatic carbocycles. The van der Waals surface area contributed by atoms with Crippen molar-refractivity contribution in [2.75, 3.05) is 25.4 Å². The van der Waals surface area contributed by atoms with Crippen molar-refractivity contribution in [2.45, 2.75) is 24.8 Å². The van der Waals surface area contributed by atoms with Crippen LogP contribution in [0.5, 0.6) is 0 Å². The maximum Gasteiger partial charge on any atom is 0.133 e. The predicted octanol–water partition coefficient (Wildman–Crippen LogP) is 3.47. The molecule has 0 amide bonds. The van der Waals surface area contributed by atoms with Crippen molar-refractivity contribution in [3.05, 3.63) is 48.4 Å². The summed E-state index contributed by atoms with van der Waals surface area (Å²) in [6, 6.07) is 8.81. The van der Waals surface area contributed by atoms with Crippen LogP contribution in [0.25, 0.3) is 31.9 Å². The number of fused-ring (bicyclic) bond motifs is 1. The quantitative estimate of drug-likeness (QED) is 0.445. The van der Waals surface area contributed by atoms with Gasteiger partial charge in [-0.05, 0) is 43.6 Å². The summed E-state index contributed by atoms with van der Waals surface area (Å²) in [6.07, 6.45) is 9.94. The van der Waals surface area contributed by atoms with Crippen LogP contribution in [0.15, 0.2) is 48.0 Å². The number of hydrogen-bond donors (Lipinski definition) is 3. The van der Waals surface area contributed by atoms with Gasteiger partial charge in [-0.2, -0.15) is 10.2 Å². The number of rotatable bonds is 4. The molecule has 8 nitrogen and oxygen atoms in total. The molecule has 1 fully saturated rings. The number of anilines is 1. The van der Waals surface area contributed by atoms with Crippen molar-refractivity contribution in [2.24, 2.45) is 5.10 Å². The molecule has 1 unspecified atom stereocenters. The van der Waals surface area contributed by atoms with Crippen molar-refractivity contribution >= 4 is 33.6 Å². The lowest BCUT2D eigenvalue weighted by molar-refractivity contribution is 0.181. The third-order valence-electron chi connectivity index (χ3n) is 6.33. The van der Waals surface area contributed by atoms with Gasteiger partial charge in [0.25, 0.3) is 0 Å². The Bertz CT molecular complexity index is 1270. The van der Waals surface area contributed by atoms with E-state index in [1.165, 1.54) is 0 Å². The molecule has 4 aromatic rings. The summed E-state index contributed by atoms with van der Waals surface area (Å²) < 4.78 is 1.12. The Morgan fingerprint density at radius 1 is 1.12 bits per heavy atom. The van der Waals surface area contributed by atoms with Crippen LogP contribution in [-0.2, 0) is 0 Å². The zero-order valence-electron chi connectivity index (χ0n) is 17.5. The van der Waals surface area contributed by atoms with E-state index in [0.717, 1.165) is 70.0 Å². The minimum absolute atomic E-state index is 0.215. The van der Waals surface area contributed by atoms with Crippen molar-refractivity contribution in [1.29, 1.82) is 0 Å². The molecular weight excluding hydrogens is 420 g/mol. The number of aromatic amines is 1. The van der Waals surface area contributed by atoms with Crippen LogP contribution in [0.2, 0.25) is 0 Å². The molecule has 4 N–H and O–H groups in total. The first-order chi connectivity index (χ1) is 15.8. The number of aromatic nitrogens is 4. The largest absolute Gasteiger partial charge is 0.383 e. The molecule has 3 aromatic heterocycles. The maximum atomic E-state index is 6.31. The predicted molar refractivity (Wildman–Crippen MR) is 129 cm³/mol. The molecule has 9 heteroatoms. The first kappa shape index (κ1) is 19.4. The van der Waals surface area contributed by atoms with Crippen LogP contribution in [0.4, 0.5) is 5.82 Å². The molecule has 1 atom stereocenters. The number of nitrogen functional groups attached to an aromatic ring is 1. The van der Waals surface area contributed by atoms with Crippen molar-refractivity contribution in [1.82, 2.24) is 30.5 Å². The third-order valence-corrected chi connectivity index (χ3v) is 7.47. The highest BCUT2D eigenvalue weighted by molar-refractivity contribution is 7.22. The summed E-state index contributed by atoms with van der Waals surface area (Å²) in [5.41, 5.74) is 11.4. The van der Waals surface area contributed by atoms with Gasteiger partial charge in [0.05, 0.1) is 22.0 Å². The number of nitrogens with two attached hydrogens (primary N) is 1. The van der Waals surface area contributed by atoms with E-state index in [2.05, 4.69) is 37.6 Å². The van der Waals surface area contributed by atoms with E-state index in [-0.39, 0.29) is 5.92 Å². The number of thiazole rings is 1. The Hall–Kier alpha value is -3.30. The molecule has 0 radical (unpaired) electrons. The molecule has 0 spiro atoms. The second-order valence-corrected chi connectivity index (χ2v) is 9.33. The van der Waals surface area contributed by atoms with E-state index < -0.39 is 0 Å². The minimum atomic E-state index is 0.215. The Kier molecular flexibility index (Phi) is 4.84. The smallest absolute Gasteiger partial charge is 0.133 e. The van der Waals surface area contributed by atoms with E-state index in [1.54, 1.807) is 11.3 Å². The van der Waals surface area contributed by atoms with Crippen molar-refractivity contribution < 1.29 is 0 Å². The van der Waals surface area contributed by atoms with Crippen LogP contribution >= 0.6 is 11.3 Å². The number of hydrazone groups is 1. The molecule has 2 aliphatic heterocycles. The van der Waals surface area contributed by atoms with Gasteiger partial charge in [-0.3, -0.25) is 10.1 Å². The molecule has 6 rings (SSSR count). The zero-order valence-corrected chi connectivity index (χ0v) is 18.3. The van der Waals surface area contributed by atoms with Crippen LogP contribution in [0.1, 0.15) is 24.3 Å². The van der Waals surface area contributed by atoms with Crippen LogP contribution < -0.4 is 11.1 Å². The summed E-state index contributed by atoms with van der Waals surface area (Å²) in [5.74, 6) is 0.718. The molecule has 5 heterocycles. The highest BCUT2D eigenvalue weighted by Crippen LogP contribution is 2.39. The van der Waals surface area contributed by atoms with Crippen molar-refractivity contribution in [3.8, 4) is 21.7 Å². The molecule has 0 bridgehead atoms.